The summed E-state index contributed by atoms with van der Waals surface area (Å²) in [5.41, 5.74) is 4.82. The summed E-state index contributed by atoms with van der Waals surface area (Å²) >= 11 is 5.85. The van der Waals surface area contributed by atoms with Gasteiger partial charge in [0.2, 0.25) is 5.91 Å². The maximum Gasteiger partial charge on any atom is 0.250 e. The van der Waals surface area contributed by atoms with E-state index in [1.165, 1.54) is 18.2 Å². The predicted molar refractivity (Wildman–Crippen MR) is 70.0 cm³/mol. The van der Waals surface area contributed by atoms with E-state index < -0.39 is 28.9 Å². The number of nitrogens with two attached hydrogens (primary N) is 1. The molecular formula is C14H9ClF3NO. The van der Waals surface area contributed by atoms with Gasteiger partial charge >= 0.3 is 0 Å². The molecule has 0 aromatic heterocycles. The standard InChI is InChI=1S/C14H9ClF3NO/c1-6-12(17)9(5-11(16)13(6)18)7-2-3-8(14(19)20)10(15)4-7/h2-5H,1H3,(H2,19,20). The van der Waals surface area contributed by atoms with Crippen LogP contribution in [0.5, 0.6) is 0 Å². The zero-order chi connectivity index (χ0) is 15.0. The third-order valence-corrected chi connectivity index (χ3v) is 3.23. The summed E-state index contributed by atoms with van der Waals surface area (Å²) in [5.74, 6) is -4.00. The van der Waals surface area contributed by atoms with Gasteiger partial charge < -0.3 is 5.73 Å². The van der Waals surface area contributed by atoms with Crippen molar-refractivity contribution in [3.63, 3.8) is 0 Å². The Morgan fingerprint density at radius 1 is 1.15 bits per heavy atom. The Morgan fingerprint density at radius 3 is 2.35 bits per heavy atom. The van der Waals surface area contributed by atoms with Gasteiger partial charge in [0.15, 0.2) is 11.6 Å². The molecule has 0 fully saturated rings. The molecule has 1 amide bonds. The smallest absolute Gasteiger partial charge is 0.250 e. The molecule has 2 aromatic rings. The Balaban J connectivity index is 2.64. The summed E-state index contributed by atoms with van der Waals surface area (Å²) in [5, 5.41) is 0.0109. The van der Waals surface area contributed by atoms with Gasteiger partial charge in [-0.15, -0.1) is 0 Å². The molecule has 0 saturated heterocycles. The lowest BCUT2D eigenvalue weighted by molar-refractivity contribution is 0.100. The van der Waals surface area contributed by atoms with Gasteiger partial charge in [-0.2, -0.15) is 0 Å². The van der Waals surface area contributed by atoms with Crippen LogP contribution in [0, 0.1) is 24.4 Å². The molecule has 0 spiro atoms. The highest BCUT2D eigenvalue weighted by Gasteiger charge is 2.17. The molecule has 0 bridgehead atoms. The Hall–Kier alpha value is -2.01. The minimum Gasteiger partial charge on any atom is -0.366 e. The van der Waals surface area contributed by atoms with Gasteiger partial charge in [0.25, 0.3) is 0 Å². The molecule has 0 radical (unpaired) electrons. The first-order chi connectivity index (χ1) is 9.32. The fourth-order valence-electron chi connectivity index (χ4n) is 1.82. The van der Waals surface area contributed by atoms with Crippen LogP contribution in [0.15, 0.2) is 24.3 Å². The van der Waals surface area contributed by atoms with Gasteiger partial charge in [0.1, 0.15) is 5.82 Å². The van der Waals surface area contributed by atoms with Crippen LogP contribution in [0.2, 0.25) is 5.02 Å². The first kappa shape index (κ1) is 14.4. The molecule has 0 unspecified atom stereocenters. The lowest BCUT2D eigenvalue weighted by Crippen LogP contribution is -2.11. The van der Waals surface area contributed by atoms with Crippen molar-refractivity contribution < 1.29 is 18.0 Å². The number of hydrogen-bond donors (Lipinski definition) is 1. The average molecular weight is 300 g/mol. The number of hydrogen-bond acceptors (Lipinski definition) is 1. The van der Waals surface area contributed by atoms with Gasteiger partial charge in [0.05, 0.1) is 10.6 Å². The molecule has 6 heteroatoms. The van der Waals surface area contributed by atoms with Crippen LogP contribution in [0.4, 0.5) is 13.2 Å². The second kappa shape index (κ2) is 5.17. The van der Waals surface area contributed by atoms with Crippen molar-refractivity contribution in [1.82, 2.24) is 0 Å². The van der Waals surface area contributed by atoms with Gasteiger partial charge in [-0.3, -0.25) is 4.79 Å². The lowest BCUT2D eigenvalue weighted by atomic mass is 10.0. The normalized spacial score (nSPS) is 10.7. The number of primary amides is 1. The number of rotatable bonds is 2. The summed E-state index contributed by atoms with van der Waals surface area (Å²) in [6, 6.07) is 4.68. The molecule has 104 valence electrons. The van der Waals surface area contributed by atoms with Gasteiger partial charge in [-0.05, 0) is 30.7 Å². The molecule has 20 heavy (non-hydrogen) atoms. The fraction of sp³-hybridized carbons (Fsp3) is 0.0714. The quantitative estimate of drug-likeness (QED) is 0.841. The molecule has 0 atom stereocenters. The van der Waals surface area contributed by atoms with E-state index in [1.807, 2.05) is 0 Å². The SMILES string of the molecule is Cc1c(F)c(F)cc(-c2ccc(C(N)=O)c(Cl)c2)c1F. The van der Waals surface area contributed by atoms with Crippen LogP contribution >= 0.6 is 11.6 Å². The molecule has 0 aliphatic heterocycles. The highest BCUT2D eigenvalue weighted by Crippen LogP contribution is 2.31. The Bertz CT molecular complexity index is 716. The van der Waals surface area contributed by atoms with Crippen LogP contribution in [0.3, 0.4) is 0 Å². The van der Waals surface area contributed by atoms with Crippen molar-refractivity contribution in [3.8, 4) is 11.1 Å². The predicted octanol–water partition coefficient (Wildman–Crippen LogP) is 3.83. The Morgan fingerprint density at radius 2 is 1.80 bits per heavy atom. The summed E-state index contributed by atoms with van der Waals surface area (Å²) in [6.45, 7) is 1.14. The van der Waals surface area contributed by atoms with Crippen LogP contribution in [0.1, 0.15) is 15.9 Å². The molecule has 2 rings (SSSR count). The van der Waals surface area contributed by atoms with Crippen molar-refractivity contribution in [2.45, 2.75) is 6.92 Å². The largest absolute Gasteiger partial charge is 0.366 e. The van der Waals surface area contributed by atoms with E-state index in [0.29, 0.717) is 0 Å². The molecule has 0 saturated carbocycles. The van der Waals surface area contributed by atoms with Crippen LogP contribution in [-0.2, 0) is 0 Å². The second-order valence-corrected chi connectivity index (χ2v) is 4.62. The number of carbonyl (C=O) groups excluding carboxylic acids is 1. The van der Waals surface area contributed by atoms with E-state index in [0.717, 1.165) is 13.0 Å². The van der Waals surface area contributed by atoms with Crippen LogP contribution in [0.25, 0.3) is 11.1 Å². The molecular weight excluding hydrogens is 291 g/mol. The summed E-state index contributed by atoms with van der Waals surface area (Å²) in [7, 11) is 0. The average Bonchev–Trinajstić information content (AvgIpc) is 2.40. The molecule has 0 aliphatic rings. The molecule has 2 nitrogen and oxygen atoms in total. The van der Waals surface area contributed by atoms with Gasteiger partial charge in [0, 0.05) is 11.1 Å². The third kappa shape index (κ3) is 2.36. The summed E-state index contributed by atoms with van der Waals surface area (Å²) < 4.78 is 40.6. The molecule has 2 aromatic carbocycles. The first-order valence-corrected chi connectivity index (χ1v) is 5.94. The topological polar surface area (TPSA) is 43.1 Å². The lowest BCUT2D eigenvalue weighted by Gasteiger charge is -2.09. The zero-order valence-electron chi connectivity index (χ0n) is 10.3. The minimum atomic E-state index is -1.23. The molecule has 0 aliphatic carbocycles. The van der Waals surface area contributed by atoms with Crippen LogP contribution < -0.4 is 5.73 Å². The van der Waals surface area contributed by atoms with Crippen molar-refractivity contribution in [2.24, 2.45) is 5.73 Å². The highest BCUT2D eigenvalue weighted by molar-refractivity contribution is 6.34. The maximum absolute atomic E-state index is 14.0. The van der Waals surface area contributed by atoms with E-state index in [9.17, 15) is 18.0 Å². The van der Waals surface area contributed by atoms with E-state index in [4.69, 9.17) is 17.3 Å². The Kier molecular flexibility index (Phi) is 3.72. The summed E-state index contributed by atoms with van der Waals surface area (Å²) in [6.07, 6.45) is 0. The zero-order valence-corrected chi connectivity index (χ0v) is 11.1. The van der Waals surface area contributed by atoms with Crippen LogP contribution in [-0.4, -0.2) is 5.91 Å². The van der Waals surface area contributed by atoms with Gasteiger partial charge in [-0.25, -0.2) is 13.2 Å². The minimum absolute atomic E-state index is 0.0109. The van der Waals surface area contributed by atoms with Crippen molar-refractivity contribution >= 4 is 17.5 Å². The Labute approximate surface area is 118 Å². The highest BCUT2D eigenvalue weighted by atomic mass is 35.5. The van der Waals surface area contributed by atoms with Gasteiger partial charge in [-0.1, -0.05) is 17.7 Å². The number of carbonyl (C=O) groups is 1. The van der Waals surface area contributed by atoms with Crippen molar-refractivity contribution in [2.75, 3.05) is 0 Å². The third-order valence-electron chi connectivity index (χ3n) is 2.92. The van der Waals surface area contributed by atoms with E-state index in [2.05, 4.69) is 0 Å². The first-order valence-electron chi connectivity index (χ1n) is 5.56. The maximum atomic E-state index is 14.0. The molecule has 0 heterocycles. The summed E-state index contributed by atoms with van der Waals surface area (Å²) in [4.78, 5) is 11.0. The molecule has 2 N–H and O–H groups in total. The number of benzene rings is 2. The number of halogens is 4. The number of amides is 1. The monoisotopic (exact) mass is 299 g/mol. The van der Waals surface area contributed by atoms with E-state index in [-0.39, 0.29) is 21.7 Å². The van der Waals surface area contributed by atoms with E-state index in [1.54, 1.807) is 0 Å². The second-order valence-electron chi connectivity index (χ2n) is 4.22. The van der Waals surface area contributed by atoms with Crippen molar-refractivity contribution in [1.29, 1.82) is 0 Å². The van der Waals surface area contributed by atoms with E-state index >= 15 is 0 Å². The van der Waals surface area contributed by atoms with Crippen molar-refractivity contribution in [3.05, 3.63) is 57.9 Å². The fourth-order valence-corrected chi connectivity index (χ4v) is 2.10.